The minimum atomic E-state index is 0.0492. The number of hydrogen-bond acceptors (Lipinski definition) is 3. The Bertz CT molecular complexity index is 692. The summed E-state index contributed by atoms with van der Waals surface area (Å²) < 4.78 is 0. The van der Waals surface area contributed by atoms with Crippen LogP contribution >= 0.6 is 0 Å². The van der Waals surface area contributed by atoms with Crippen molar-refractivity contribution in [2.45, 2.75) is 32.1 Å². The Morgan fingerprint density at radius 1 is 1.24 bits per heavy atom. The van der Waals surface area contributed by atoms with Crippen LogP contribution in [0, 0.1) is 0 Å². The Balaban J connectivity index is 2.11. The average molecular weight is 279 g/mol. The molecular formula is C18H17NO2. The Labute approximate surface area is 124 Å². The Morgan fingerprint density at radius 3 is 2.71 bits per heavy atom. The lowest BCUT2D eigenvalue weighted by molar-refractivity contribution is -0.117. The summed E-state index contributed by atoms with van der Waals surface area (Å²) in [5, 5.41) is 0. The van der Waals surface area contributed by atoms with Gasteiger partial charge in [0.1, 0.15) is 5.78 Å². The van der Waals surface area contributed by atoms with Crippen molar-refractivity contribution in [2.75, 3.05) is 0 Å². The fourth-order valence-corrected chi connectivity index (χ4v) is 2.95. The number of rotatable bonds is 3. The zero-order valence-electron chi connectivity index (χ0n) is 12.0. The van der Waals surface area contributed by atoms with Crippen LogP contribution in [0.1, 0.15) is 48.0 Å². The summed E-state index contributed by atoms with van der Waals surface area (Å²) in [6.45, 7) is 1.57. The summed E-state index contributed by atoms with van der Waals surface area (Å²) in [7, 11) is 0. The van der Waals surface area contributed by atoms with E-state index in [0.29, 0.717) is 24.2 Å². The number of pyridine rings is 1. The molecule has 0 N–H and O–H groups in total. The van der Waals surface area contributed by atoms with Gasteiger partial charge in [-0.2, -0.15) is 0 Å². The molecule has 1 fully saturated rings. The zero-order valence-corrected chi connectivity index (χ0v) is 12.0. The third-order valence-corrected chi connectivity index (χ3v) is 4.08. The van der Waals surface area contributed by atoms with Crippen LogP contribution in [0.2, 0.25) is 0 Å². The summed E-state index contributed by atoms with van der Waals surface area (Å²) in [6, 6.07) is 11.5. The van der Waals surface area contributed by atoms with Gasteiger partial charge in [-0.3, -0.25) is 14.6 Å². The van der Waals surface area contributed by atoms with E-state index >= 15 is 0 Å². The Hall–Kier alpha value is -2.29. The standard InChI is InChI=1S/C18H17NO2/c1-12(20)13-6-8-16(18-4-2-3-9-19-18)17(11-13)14-5-7-15(21)10-14/h2-4,6,8-9,11,14H,5,7,10H2,1H3. The molecule has 1 unspecified atom stereocenters. The first kappa shape index (κ1) is 13.7. The van der Waals surface area contributed by atoms with E-state index in [4.69, 9.17) is 0 Å². The molecule has 0 amide bonds. The van der Waals surface area contributed by atoms with E-state index in [1.54, 1.807) is 13.1 Å². The molecule has 1 aromatic carbocycles. The molecule has 1 aromatic heterocycles. The highest BCUT2D eigenvalue weighted by molar-refractivity contribution is 5.95. The van der Waals surface area contributed by atoms with Gasteiger partial charge < -0.3 is 0 Å². The third kappa shape index (κ3) is 2.77. The van der Waals surface area contributed by atoms with Gasteiger partial charge >= 0.3 is 0 Å². The van der Waals surface area contributed by atoms with Gasteiger partial charge in [-0.05, 0) is 43.0 Å². The predicted molar refractivity (Wildman–Crippen MR) is 81.3 cm³/mol. The molecule has 1 atom stereocenters. The number of benzene rings is 1. The van der Waals surface area contributed by atoms with E-state index in [1.807, 2.05) is 36.4 Å². The number of hydrogen-bond donors (Lipinski definition) is 0. The van der Waals surface area contributed by atoms with Gasteiger partial charge in [0, 0.05) is 30.2 Å². The first-order valence-corrected chi connectivity index (χ1v) is 7.23. The van der Waals surface area contributed by atoms with Crippen LogP contribution in [-0.2, 0) is 4.79 Å². The van der Waals surface area contributed by atoms with Crippen LogP contribution in [0.5, 0.6) is 0 Å². The van der Waals surface area contributed by atoms with Gasteiger partial charge in [0.2, 0.25) is 0 Å². The fourth-order valence-electron chi connectivity index (χ4n) is 2.95. The lowest BCUT2D eigenvalue weighted by atomic mass is 9.89. The van der Waals surface area contributed by atoms with Gasteiger partial charge in [-0.1, -0.05) is 18.2 Å². The smallest absolute Gasteiger partial charge is 0.159 e. The van der Waals surface area contributed by atoms with Gasteiger partial charge in [0.25, 0.3) is 0 Å². The topological polar surface area (TPSA) is 47.0 Å². The number of carbonyl (C=O) groups is 2. The Kier molecular flexibility index (Phi) is 3.65. The summed E-state index contributed by atoms with van der Waals surface area (Å²) in [5.41, 5.74) is 3.69. The van der Waals surface area contributed by atoms with Gasteiger partial charge in [-0.25, -0.2) is 0 Å². The van der Waals surface area contributed by atoms with E-state index < -0.39 is 0 Å². The van der Waals surface area contributed by atoms with Crippen molar-refractivity contribution in [2.24, 2.45) is 0 Å². The van der Waals surface area contributed by atoms with Crippen molar-refractivity contribution in [3.63, 3.8) is 0 Å². The minimum absolute atomic E-state index is 0.0492. The number of nitrogens with zero attached hydrogens (tertiary/aromatic N) is 1. The van der Waals surface area contributed by atoms with Crippen molar-refractivity contribution in [3.8, 4) is 11.3 Å². The van der Waals surface area contributed by atoms with E-state index in [9.17, 15) is 9.59 Å². The molecule has 106 valence electrons. The first-order valence-electron chi connectivity index (χ1n) is 7.23. The third-order valence-electron chi connectivity index (χ3n) is 4.08. The van der Waals surface area contributed by atoms with E-state index in [0.717, 1.165) is 23.2 Å². The molecular weight excluding hydrogens is 262 g/mol. The van der Waals surface area contributed by atoms with Crippen molar-refractivity contribution in [3.05, 3.63) is 53.7 Å². The zero-order chi connectivity index (χ0) is 14.8. The highest BCUT2D eigenvalue weighted by Crippen LogP contribution is 2.38. The molecule has 0 saturated heterocycles. The Morgan fingerprint density at radius 2 is 2.10 bits per heavy atom. The second kappa shape index (κ2) is 5.60. The van der Waals surface area contributed by atoms with Crippen molar-refractivity contribution >= 4 is 11.6 Å². The molecule has 1 saturated carbocycles. The van der Waals surface area contributed by atoms with Crippen molar-refractivity contribution in [1.82, 2.24) is 4.98 Å². The maximum absolute atomic E-state index is 11.6. The summed E-state index contributed by atoms with van der Waals surface area (Å²) in [6.07, 6.45) is 3.83. The van der Waals surface area contributed by atoms with E-state index in [-0.39, 0.29) is 11.7 Å². The second-order valence-corrected chi connectivity index (χ2v) is 5.55. The molecule has 3 heteroatoms. The van der Waals surface area contributed by atoms with Crippen molar-refractivity contribution < 1.29 is 9.59 Å². The SMILES string of the molecule is CC(=O)c1ccc(-c2ccccn2)c(C2CCC(=O)C2)c1. The molecule has 2 aromatic rings. The van der Waals surface area contributed by atoms with Crippen LogP contribution in [0.25, 0.3) is 11.3 Å². The summed E-state index contributed by atoms with van der Waals surface area (Å²) in [4.78, 5) is 27.7. The normalized spacial score (nSPS) is 18.0. The molecule has 0 aliphatic heterocycles. The van der Waals surface area contributed by atoms with Crippen molar-refractivity contribution in [1.29, 1.82) is 0 Å². The molecule has 0 radical (unpaired) electrons. The molecule has 3 nitrogen and oxygen atoms in total. The highest BCUT2D eigenvalue weighted by Gasteiger charge is 2.26. The van der Waals surface area contributed by atoms with Crippen LogP contribution < -0.4 is 0 Å². The summed E-state index contributed by atoms with van der Waals surface area (Å²) >= 11 is 0. The predicted octanol–water partition coefficient (Wildman–Crippen LogP) is 3.79. The van der Waals surface area contributed by atoms with E-state index in [2.05, 4.69) is 4.98 Å². The van der Waals surface area contributed by atoms with Crippen LogP contribution in [0.3, 0.4) is 0 Å². The average Bonchev–Trinajstić information content (AvgIpc) is 2.94. The lowest BCUT2D eigenvalue weighted by Crippen LogP contribution is -2.02. The maximum Gasteiger partial charge on any atom is 0.159 e. The van der Waals surface area contributed by atoms with E-state index in [1.165, 1.54) is 0 Å². The largest absolute Gasteiger partial charge is 0.300 e. The maximum atomic E-state index is 11.6. The van der Waals surface area contributed by atoms with Gasteiger partial charge in [0.15, 0.2) is 5.78 Å². The molecule has 0 spiro atoms. The highest BCUT2D eigenvalue weighted by atomic mass is 16.1. The summed E-state index contributed by atoms with van der Waals surface area (Å²) in [5.74, 6) is 0.558. The lowest BCUT2D eigenvalue weighted by Gasteiger charge is -2.15. The monoisotopic (exact) mass is 279 g/mol. The molecule has 1 aliphatic rings. The van der Waals surface area contributed by atoms with Crippen LogP contribution in [-0.4, -0.2) is 16.6 Å². The molecule has 1 heterocycles. The first-order chi connectivity index (χ1) is 10.1. The van der Waals surface area contributed by atoms with Gasteiger partial charge in [-0.15, -0.1) is 0 Å². The number of Topliss-reactive ketones (excluding diaryl/α,β-unsaturated/α-hetero) is 2. The number of aromatic nitrogens is 1. The molecule has 1 aliphatic carbocycles. The number of ketones is 2. The fraction of sp³-hybridized carbons (Fsp3) is 0.278. The van der Waals surface area contributed by atoms with Crippen LogP contribution in [0.4, 0.5) is 0 Å². The minimum Gasteiger partial charge on any atom is -0.300 e. The van der Waals surface area contributed by atoms with Gasteiger partial charge in [0.05, 0.1) is 5.69 Å². The molecule has 0 bridgehead atoms. The second-order valence-electron chi connectivity index (χ2n) is 5.55. The molecule has 3 rings (SSSR count). The number of carbonyl (C=O) groups excluding carboxylic acids is 2. The molecule has 21 heavy (non-hydrogen) atoms. The quantitative estimate of drug-likeness (QED) is 0.803. The van der Waals surface area contributed by atoms with Crippen LogP contribution in [0.15, 0.2) is 42.6 Å².